The third kappa shape index (κ3) is 3.15. The average Bonchev–Trinajstić information content (AvgIpc) is 3.26. The summed E-state index contributed by atoms with van der Waals surface area (Å²) >= 11 is 0. The largest absolute Gasteiger partial charge is 0.309 e. The van der Waals surface area contributed by atoms with E-state index in [4.69, 9.17) is 0 Å². The molecule has 0 N–H and O–H groups in total. The zero-order valence-corrected chi connectivity index (χ0v) is 19.1. The van der Waals surface area contributed by atoms with Crippen LogP contribution in [0.2, 0.25) is 0 Å². The summed E-state index contributed by atoms with van der Waals surface area (Å²) in [5.74, 6) is 0. The van der Waals surface area contributed by atoms with Gasteiger partial charge in [0.2, 0.25) is 0 Å². The van der Waals surface area contributed by atoms with Crippen LogP contribution < -0.4 is 4.90 Å². The highest BCUT2D eigenvalue weighted by Gasteiger charge is 2.22. The molecule has 1 aromatic heterocycles. The molecular weight excluding hydrogens is 424 g/mol. The molecule has 0 spiro atoms. The molecule has 0 unspecified atom stereocenters. The summed E-state index contributed by atoms with van der Waals surface area (Å²) in [6, 6.07) is 43.3. The smallest absolute Gasteiger partial charge is 0.0644 e. The maximum Gasteiger partial charge on any atom is 0.0644 e. The molecule has 0 fully saturated rings. The Morgan fingerprint density at radius 3 is 1.80 bits per heavy atom. The second kappa shape index (κ2) is 7.96. The quantitative estimate of drug-likeness (QED) is 0.268. The minimum Gasteiger partial charge on any atom is -0.309 e. The van der Waals surface area contributed by atoms with E-state index in [0.717, 1.165) is 17.1 Å². The molecule has 1 heterocycles. The van der Waals surface area contributed by atoms with E-state index >= 15 is 0 Å². The van der Waals surface area contributed by atoms with Gasteiger partial charge in [-0.3, -0.25) is 4.98 Å². The zero-order valence-electron chi connectivity index (χ0n) is 19.1. The van der Waals surface area contributed by atoms with Crippen LogP contribution in [0.1, 0.15) is 0 Å². The molecule has 0 atom stereocenters. The van der Waals surface area contributed by atoms with Crippen molar-refractivity contribution in [3.05, 3.63) is 134 Å². The van der Waals surface area contributed by atoms with E-state index in [1.165, 1.54) is 44.2 Å². The highest BCUT2D eigenvalue weighted by molar-refractivity contribution is 6.18. The Balaban J connectivity index is 1.34. The van der Waals surface area contributed by atoms with Gasteiger partial charge >= 0.3 is 0 Å². The number of rotatable bonds is 4. The van der Waals surface area contributed by atoms with Crippen LogP contribution in [0.5, 0.6) is 0 Å². The van der Waals surface area contributed by atoms with Crippen molar-refractivity contribution in [2.75, 3.05) is 4.90 Å². The highest BCUT2D eigenvalue weighted by Crippen LogP contribution is 2.49. The minimum atomic E-state index is 1.04. The van der Waals surface area contributed by atoms with Crippen LogP contribution in [0.3, 0.4) is 0 Å². The fourth-order valence-corrected chi connectivity index (χ4v) is 5.36. The number of para-hydroxylation sites is 1. The van der Waals surface area contributed by atoms with Gasteiger partial charge in [-0.05, 0) is 80.6 Å². The molecule has 0 aliphatic heterocycles. The summed E-state index contributed by atoms with van der Waals surface area (Å²) in [6.07, 6.45) is 3.71. The van der Waals surface area contributed by atoms with Gasteiger partial charge in [0.1, 0.15) is 0 Å². The van der Waals surface area contributed by atoms with Gasteiger partial charge in [-0.25, -0.2) is 0 Å². The normalized spacial score (nSPS) is 11.4. The first kappa shape index (κ1) is 19.7. The van der Waals surface area contributed by atoms with Gasteiger partial charge in [0.15, 0.2) is 0 Å². The first-order valence-corrected chi connectivity index (χ1v) is 11.9. The number of fused-ring (bicyclic) bond motifs is 3. The highest BCUT2D eigenvalue weighted by atomic mass is 15.1. The van der Waals surface area contributed by atoms with Crippen LogP contribution in [0.4, 0.5) is 17.1 Å². The van der Waals surface area contributed by atoms with Crippen LogP contribution >= 0.6 is 0 Å². The number of anilines is 3. The summed E-state index contributed by atoms with van der Waals surface area (Å²) in [4.78, 5) is 6.59. The lowest BCUT2D eigenvalue weighted by Gasteiger charge is -2.25. The van der Waals surface area contributed by atoms with Gasteiger partial charge in [-0.2, -0.15) is 0 Å². The van der Waals surface area contributed by atoms with E-state index in [1.54, 1.807) is 0 Å². The Bertz CT molecular complexity index is 1600. The number of hydrogen-bond acceptors (Lipinski definition) is 2. The molecule has 1 aliphatic carbocycles. The van der Waals surface area contributed by atoms with E-state index in [1.807, 2.05) is 24.5 Å². The van der Waals surface area contributed by atoms with E-state index in [9.17, 15) is 0 Å². The maximum absolute atomic E-state index is 4.35. The lowest BCUT2D eigenvalue weighted by molar-refractivity contribution is 1.23. The monoisotopic (exact) mass is 446 g/mol. The Morgan fingerprint density at radius 2 is 1.06 bits per heavy atom. The second-order valence-corrected chi connectivity index (χ2v) is 8.86. The Hall–Kier alpha value is -4.69. The van der Waals surface area contributed by atoms with Gasteiger partial charge in [0, 0.05) is 17.6 Å². The summed E-state index contributed by atoms with van der Waals surface area (Å²) in [7, 11) is 0. The average molecular weight is 447 g/mol. The van der Waals surface area contributed by atoms with E-state index in [-0.39, 0.29) is 0 Å². The van der Waals surface area contributed by atoms with E-state index in [2.05, 4.69) is 119 Å². The second-order valence-electron chi connectivity index (χ2n) is 8.86. The molecule has 1 aliphatic rings. The van der Waals surface area contributed by atoms with Crippen LogP contribution in [0.15, 0.2) is 134 Å². The topological polar surface area (TPSA) is 16.1 Å². The summed E-state index contributed by atoms with van der Waals surface area (Å²) < 4.78 is 0. The molecule has 2 nitrogen and oxygen atoms in total. The molecule has 35 heavy (non-hydrogen) atoms. The van der Waals surface area contributed by atoms with Crippen LogP contribution in [-0.2, 0) is 0 Å². The van der Waals surface area contributed by atoms with Crippen molar-refractivity contribution in [2.24, 2.45) is 0 Å². The first-order valence-electron chi connectivity index (χ1n) is 11.9. The molecule has 7 rings (SSSR count). The molecule has 0 saturated heterocycles. The third-order valence-corrected chi connectivity index (χ3v) is 6.90. The van der Waals surface area contributed by atoms with Crippen LogP contribution in [0, 0.1) is 0 Å². The van der Waals surface area contributed by atoms with Gasteiger partial charge in [-0.15, -0.1) is 0 Å². The molecule has 164 valence electrons. The molecule has 5 aromatic carbocycles. The Kier molecular flexibility index (Phi) is 4.49. The van der Waals surface area contributed by atoms with Gasteiger partial charge in [0.25, 0.3) is 0 Å². The van der Waals surface area contributed by atoms with Gasteiger partial charge in [0.05, 0.1) is 11.9 Å². The molecule has 0 saturated carbocycles. The maximum atomic E-state index is 4.35. The molecule has 0 amide bonds. The zero-order chi connectivity index (χ0) is 23.2. The fourth-order valence-electron chi connectivity index (χ4n) is 5.36. The van der Waals surface area contributed by atoms with E-state index in [0.29, 0.717) is 0 Å². The Morgan fingerprint density at radius 1 is 0.429 bits per heavy atom. The first-order chi connectivity index (χ1) is 17.4. The molecule has 0 radical (unpaired) electrons. The van der Waals surface area contributed by atoms with Crippen molar-refractivity contribution in [3.63, 3.8) is 0 Å². The summed E-state index contributed by atoms with van der Waals surface area (Å²) in [5.41, 5.74) is 11.0. The fraction of sp³-hybridized carbons (Fsp3) is 0. The van der Waals surface area contributed by atoms with Crippen molar-refractivity contribution < 1.29 is 0 Å². The van der Waals surface area contributed by atoms with Crippen molar-refractivity contribution >= 4 is 27.8 Å². The molecule has 0 bridgehead atoms. The summed E-state index contributed by atoms with van der Waals surface area (Å²) in [6.45, 7) is 0. The summed E-state index contributed by atoms with van der Waals surface area (Å²) in [5, 5.41) is 2.66. The van der Waals surface area contributed by atoms with Crippen molar-refractivity contribution in [1.82, 2.24) is 4.98 Å². The third-order valence-electron chi connectivity index (χ3n) is 6.90. The van der Waals surface area contributed by atoms with Crippen LogP contribution in [-0.4, -0.2) is 4.98 Å². The number of benzene rings is 5. The molecule has 6 aromatic rings. The van der Waals surface area contributed by atoms with Crippen molar-refractivity contribution in [3.8, 4) is 33.4 Å². The number of hydrogen-bond donors (Lipinski definition) is 0. The van der Waals surface area contributed by atoms with Gasteiger partial charge < -0.3 is 4.90 Å². The lowest BCUT2D eigenvalue weighted by atomic mass is 9.94. The Labute approximate surface area is 204 Å². The number of pyridine rings is 1. The number of nitrogens with zero attached hydrogens (tertiary/aromatic N) is 2. The van der Waals surface area contributed by atoms with Gasteiger partial charge in [-0.1, -0.05) is 84.9 Å². The number of aromatic nitrogens is 1. The predicted octanol–water partition coefficient (Wildman–Crippen LogP) is 9.02. The van der Waals surface area contributed by atoms with Crippen molar-refractivity contribution in [1.29, 1.82) is 0 Å². The van der Waals surface area contributed by atoms with Crippen molar-refractivity contribution in [2.45, 2.75) is 0 Å². The molecule has 2 heteroatoms. The SMILES string of the molecule is c1ccc(N(c2ccc(-c3ccc4c5c(cccc35)-c3ccccc3-4)cc2)c2cccnc2)cc1. The lowest BCUT2D eigenvalue weighted by Crippen LogP contribution is -2.09. The predicted molar refractivity (Wildman–Crippen MR) is 146 cm³/mol. The molecular formula is C33H22N2. The van der Waals surface area contributed by atoms with E-state index < -0.39 is 0 Å². The minimum absolute atomic E-state index is 1.04. The van der Waals surface area contributed by atoms with Crippen LogP contribution in [0.25, 0.3) is 44.2 Å². The standard InChI is InChI=1S/C33H22N2/c1-2-8-24(9-3-1)35(26-10-7-21-34-22-26)25-17-15-23(16-18-25)27-19-20-32-29-12-5-4-11-28(29)31-14-6-13-30(27)33(31)32/h1-22H.